The Hall–Kier alpha value is -3.72. The van der Waals surface area contributed by atoms with Gasteiger partial charge in [-0.1, -0.05) is 36.4 Å². The molecule has 1 N–H and O–H groups in total. The number of hydrogen-bond donors (Lipinski definition) is 1. The fraction of sp³-hybridized carbons (Fsp3) is 0.296. The number of methoxy groups -OCH3 is 2. The van der Waals surface area contributed by atoms with E-state index in [9.17, 15) is 13.2 Å². The number of carbonyl (C=O) groups excluding carboxylic acids is 1. The topological polar surface area (TPSA) is 94.2 Å². The molecule has 0 spiro atoms. The molecule has 0 aliphatic carbocycles. The normalized spacial score (nSPS) is 11.0. The Bertz CT molecular complexity index is 1250. The van der Waals surface area contributed by atoms with E-state index in [4.69, 9.17) is 14.2 Å². The summed E-state index contributed by atoms with van der Waals surface area (Å²) in [5, 5.41) is 2.84. The quantitative estimate of drug-likeness (QED) is 0.347. The van der Waals surface area contributed by atoms with Crippen LogP contribution in [0.4, 0.5) is 5.69 Å². The smallest absolute Gasteiger partial charge is 0.264 e. The zero-order valence-corrected chi connectivity index (χ0v) is 21.6. The first kappa shape index (κ1) is 26.9. The average Bonchev–Trinajstić information content (AvgIpc) is 2.90. The third-order valence-electron chi connectivity index (χ3n) is 5.49. The number of anilines is 1. The second kappa shape index (κ2) is 12.8. The molecule has 0 aliphatic heterocycles. The highest BCUT2D eigenvalue weighted by molar-refractivity contribution is 7.92. The number of amides is 1. The maximum atomic E-state index is 13.6. The lowest BCUT2D eigenvalue weighted by atomic mass is 10.1. The summed E-state index contributed by atoms with van der Waals surface area (Å²) in [5.41, 5.74) is 1.27. The van der Waals surface area contributed by atoms with Crippen molar-refractivity contribution in [3.05, 3.63) is 78.4 Å². The minimum Gasteiger partial charge on any atom is -0.497 e. The number of nitrogens with one attached hydrogen (secondary N) is 1. The van der Waals surface area contributed by atoms with Gasteiger partial charge >= 0.3 is 0 Å². The third kappa shape index (κ3) is 6.69. The third-order valence-corrected chi connectivity index (χ3v) is 7.26. The number of benzene rings is 3. The van der Waals surface area contributed by atoms with Crippen LogP contribution in [0.25, 0.3) is 0 Å². The standard InChI is InChI=1S/C27H32N2O6S/c1-4-35-25-15-9-8-11-21(25)12-10-18-28-27(30)20-29(36(31,32)23-13-6-5-7-14-23)24-19-22(33-2)16-17-26(24)34-3/h5-9,11,13-17,19H,4,10,12,18,20H2,1-3H3,(H,28,30). The lowest BCUT2D eigenvalue weighted by Gasteiger charge is -2.26. The first-order chi connectivity index (χ1) is 17.4. The molecule has 36 heavy (non-hydrogen) atoms. The van der Waals surface area contributed by atoms with E-state index >= 15 is 0 Å². The van der Waals surface area contributed by atoms with E-state index in [1.54, 1.807) is 30.3 Å². The molecule has 192 valence electrons. The Labute approximate surface area is 212 Å². The van der Waals surface area contributed by atoms with E-state index in [0.717, 1.165) is 15.6 Å². The summed E-state index contributed by atoms with van der Waals surface area (Å²) in [5.74, 6) is 1.14. The Kier molecular flexibility index (Phi) is 9.58. The molecule has 0 unspecified atom stereocenters. The maximum absolute atomic E-state index is 13.6. The van der Waals surface area contributed by atoms with Gasteiger partial charge in [0.1, 0.15) is 23.8 Å². The molecule has 0 fully saturated rings. The van der Waals surface area contributed by atoms with E-state index in [2.05, 4.69) is 5.32 Å². The van der Waals surface area contributed by atoms with Gasteiger partial charge in [0.15, 0.2) is 0 Å². The summed E-state index contributed by atoms with van der Waals surface area (Å²) in [4.78, 5) is 13.0. The molecule has 0 saturated heterocycles. The predicted molar refractivity (Wildman–Crippen MR) is 139 cm³/mol. The molecule has 0 saturated carbocycles. The van der Waals surface area contributed by atoms with Crippen molar-refractivity contribution < 1.29 is 27.4 Å². The number of nitrogens with zero attached hydrogens (tertiary/aromatic N) is 1. The van der Waals surface area contributed by atoms with Gasteiger partial charge in [-0.2, -0.15) is 0 Å². The molecular weight excluding hydrogens is 480 g/mol. The van der Waals surface area contributed by atoms with E-state index in [1.165, 1.54) is 32.4 Å². The van der Waals surface area contributed by atoms with Gasteiger partial charge in [0.2, 0.25) is 5.91 Å². The van der Waals surface area contributed by atoms with Crippen LogP contribution in [0, 0.1) is 0 Å². The summed E-state index contributed by atoms with van der Waals surface area (Å²) >= 11 is 0. The zero-order valence-electron chi connectivity index (χ0n) is 20.8. The van der Waals surface area contributed by atoms with Crippen molar-refractivity contribution in [3.63, 3.8) is 0 Å². The van der Waals surface area contributed by atoms with Gasteiger partial charge in [0.25, 0.3) is 10.0 Å². The number of carbonyl (C=O) groups is 1. The molecular formula is C27H32N2O6S. The van der Waals surface area contributed by atoms with Gasteiger partial charge in [-0.25, -0.2) is 8.42 Å². The molecule has 0 radical (unpaired) electrons. The average molecular weight is 513 g/mol. The van der Waals surface area contributed by atoms with Crippen LogP contribution >= 0.6 is 0 Å². The van der Waals surface area contributed by atoms with Crippen molar-refractivity contribution in [1.82, 2.24) is 5.32 Å². The van der Waals surface area contributed by atoms with Crippen LogP contribution in [-0.2, 0) is 21.2 Å². The maximum Gasteiger partial charge on any atom is 0.264 e. The summed E-state index contributed by atoms with van der Waals surface area (Å²) < 4.78 is 44.6. The predicted octanol–water partition coefficient (Wildman–Crippen LogP) is 4.05. The highest BCUT2D eigenvalue weighted by Crippen LogP contribution is 2.35. The monoisotopic (exact) mass is 512 g/mol. The molecule has 0 heterocycles. The van der Waals surface area contributed by atoms with Crippen LogP contribution in [0.3, 0.4) is 0 Å². The van der Waals surface area contributed by atoms with Crippen LogP contribution in [0.1, 0.15) is 18.9 Å². The SMILES string of the molecule is CCOc1ccccc1CCCNC(=O)CN(c1cc(OC)ccc1OC)S(=O)(=O)c1ccccc1. The van der Waals surface area contributed by atoms with Gasteiger partial charge in [-0.3, -0.25) is 9.10 Å². The summed E-state index contributed by atoms with van der Waals surface area (Å²) in [6, 6.07) is 20.6. The number of aryl methyl sites for hydroxylation is 1. The Morgan fingerprint density at radius 2 is 1.64 bits per heavy atom. The molecule has 3 aromatic rings. The summed E-state index contributed by atoms with van der Waals surface area (Å²) in [6.45, 7) is 2.47. The Balaban J connectivity index is 1.77. The second-order valence-corrected chi connectivity index (χ2v) is 9.72. The largest absolute Gasteiger partial charge is 0.497 e. The van der Waals surface area contributed by atoms with E-state index in [0.29, 0.717) is 37.5 Å². The van der Waals surface area contributed by atoms with Gasteiger partial charge in [0.05, 0.1) is 31.4 Å². The first-order valence-corrected chi connectivity index (χ1v) is 13.1. The van der Waals surface area contributed by atoms with Crippen LogP contribution in [-0.4, -0.2) is 48.2 Å². The molecule has 0 aliphatic rings. The van der Waals surface area contributed by atoms with Crippen LogP contribution in [0.2, 0.25) is 0 Å². The van der Waals surface area contributed by atoms with Crippen LogP contribution in [0.15, 0.2) is 77.7 Å². The lowest BCUT2D eigenvalue weighted by Crippen LogP contribution is -2.41. The number of hydrogen-bond acceptors (Lipinski definition) is 6. The summed E-state index contributed by atoms with van der Waals surface area (Å²) in [6.07, 6.45) is 1.38. The van der Waals surface area contributed by atoms with Crippen molar-refractivity contribution in [2.24, 2.45) is 0 Å². The van der Waals surface area contributed by atoms with Crippen LogP contribution in [0.5, 0.6) is 17.2 Å². The fourth-order valence-corrected chi connectivity index (χ4v) is 5.16. The van der Waals surface area contributed by atoms with Crippen molar-refractivity contribution in [3.8, 4) is 17.2 Å². The van der Waals surface area contributed by atoms with E-state index in [1.807, 2.05) is 31.2 Å². The fourth-order valence-electron chi connectivity index (χ4n) is 3.71. The summed E-state index contributed by atoms with van der Waals surface area (Å²) in [7, 11) is -1.14. The van der Waals surface area contributed by atoms with Gasteiger partial charge in [-0.15, -0.1) is 0 Å². The molecule has 8 nitrogen and oxygen atoms in total. The number of sulfonamides is 1. The van der Waals surface area contributed by atoms with Crippen molar-refractivity contribution in [2.45, 2.75) is 24.7 Å². The van der Waals surface area contributed by atoms with Gasteiger partial charge < -0.3 is 19.5 Å². The van der Waals surface area contributed by atoms with Crippen molar-refractivity contribution in [2.75, 3.05) is 38.2 Å². The lowest BCUT2D eigenvalue weighted by molar-refractivity contribution is -0.119. The molecule has 1 amide bonds. The van der Waals surface area contributed by atoms with Gasteiger partial charge in [0, 0.05) is 12.6 Å². The van der Waals surface area contributed by atoms with Crippen molar-refractivity contribution in [1.29, 1.82) is 0 Å². The van der Waals surface area contributed by atoms with Crippen LogP contribution < -0.4 is 23.8 Å². The minimum absolute atomic E-state index is 0.0650. The number of ether oxygens (including phenoxy) is 3. The molecule has 0 bridgehead atoms. The minimum atomic E-state index is -4.07. The first-order valence-electron chi connectivity index (χ1n) is 11.7. The zero-order chi connectivity index (χ0) is 26.0. The van der Waals surface area contributed by atoms with E-state index < -0.39 is 22.5 Å². The Morgan fingerprint density at radius 3 is 2.33 bits per heavy atom. The molecule has 0 aromatic heterocycles. The molecule has 0 atom stereocenters. The second-order valence-electron chi connectivity index (χ2n) is 7.86. The number of para-hydroxylation sites is 1. The molecule has 3 aromatic carbocycles. The van der Waals surface area contributed by atoms with E-state index in [-0.39, 0.29) is 10.6 Å². The van der Waals surface area contributed by atoms with Crippen molar-refractivity contribution >= 4 is 21.6 Å². The molecule has 3 rings (SSSR count). The molecule has 9 heteroatoms. The Morgan fingerprint density at radius 1 is 0.917 bits per heavy atom. The highest BCUT2D eigenvalue weighted by Gasteiger charge is 2.29. The number of rotatable bonds is 13. The highest BCUT2D eigenvalue weighted by atomic mass is 32.2. The van der Waals surface area contributed by atoms with Gasteiger partial charge in [-0.05, 0) is 55.7 Å².